The Morgan fingerprint density at radius 1 is 1.43 bits per heavy atom. The molecule has 0 unspecified atom stereocenters. The highest BCUT2D eigenvalue weighted by molar-refractivity contribution is 7.13. The van der Waals surface area contributed by atoms with Crippen LogP contribution >= 0.6 is 11.3 Å². The van der Waals surface area contributed by atoms with Crippen LogP contribution in [0, 0.1) is 12.8 Å². The molecule has 0 saturated heterocycles. The van der Waals surface area contributed by atoms with Gasteiger partial charge < -0.3 is 10.6 Å². The number of hydrogen-bond donors (Lipinski definition) is 1. The fourth-order valence-electron chi connectivity index (χ4n) is 2.65. The third-order valence-corrected chi connectivity index (χ3v) is 5.02. The maximum atomic E-state index is 12.5. The van der Waals surface area contributed by atoms with Crippen LogP contribution in [0.1, 0.15) is 24.1 Å². The van der Waals surface area contributed by atoms with Gasteiger partial charge >= 0.3 is 0 Å². The predicted octanol–water partition coefficient (Wildman–Crippen LogP) is 2.86. The van der Waals surface area contributed by atoms with Crippen LogP contribution in [0.25, 0.3) is 10.6 Å². The molecule has 1 aromatic carbocycles. The van der Waals surface area contributed by atoms with Crippen molar-refractivity contribution in [2.75, 3.05) is 19.6 Å². The lowest BCUT2D eigenvalue weighted by atomic mass is 10.1. The minimum absolute atomic E-state index is 0.142. The molecule has 1 amide bonds. The predicted molar refractivity (Wildman–Crippen MR) is 94.3 cm³/mol. The fraction of sp³-hybridized carbons (Fsp3) is 0.444. The minimum atomic E-state index is 0.142. The molecular formula is C18H23N3OS. The minimum Gasteiger partial charge on any atom is -0.341 e. The lowest BCUT2D eigenvalue weighted by Gasteiger charge is -2.21. The molecule has 0 spiro atoms. The summed E-state index contributed by atoms with van der Waals surface area (Å²) in [7, 11) is 0. The van der Waals surface area contributed by atoms with Crippen molar-refractivity contribution in [2.24, 2.45) is 11.7 Å². The smallest absolute Gasteiger partial charge is 0.228 e. The number of nitrogens with two attached hydrogens (primary N) is 1. The van der Waals surface area contributed by atoms with Crippen LogP contribution in [0.3, 0.4) is 0 Å². The van der Waals surface area contributed by atoms with Gasteiger partial charge in [0.1, 0.15) is 5.01 Å². The Hall–Kier alpha value is -1.72. The van der Waals surface area contributed by atoms with E-state index in [4.69, 9.17) is 5.73 Å². The number of carbonyl (C=O) groups excluding carboxylic acids is 1. The zero-order valence-electron chi connectivity index (χ0n) is 13.5. The monoisotopic (exact) mass is 329 g/mol. The van der Waals surface area contributed by atoms with Crippen molar-refractivity contribution >= 4 is 17.2 Å². The van der Waals surface area contributed by atoms with E-state index in [9.17, 15) is 4.79 Å². The lowest BCUT2D eigenvalue weighted by molar-refractivity contribution is -0.130. The topological polar surface area (TPSA) is 59.2 Å². The maximum Gasteiger partial charge on any atom is 0.228 e. The van der Waals surface area contributed by atoms with Crippen LogP contribution in [0.5, 0.6) is 0 Å². The Morgan fingerprint density at radius 3 is 2.96 bits per heavy atom. The first kappa shape index (κ1) is 16.1. The molecule has 122 valence electrons. The summed E-state index contributed by atoms with van der Waals surface area (Å²) in [6.45, 7) is 4.09. The van der Waals surface area contributed by atoms with Crippen molar-refractivity contribution in [3.63, 3.8) is 0 Å². The van der Waals surface area contributed by atoms with Crippen LogP contribution in [0.15, 0.2) is 29.6 Å². The number of thiazole rings is 1. The normalized spacial score (nSPS) is 14.0. The lowest BCUT2D eigenvalue weighted by Crippen LogP contribution is -2.37. The summed E-state index contributed by atoms with van der Waals surface area (Å²) < 4.78 is 0. The van der Waals surface area contributed by atoms with Gasteiger partial charge in [-0.05, 0) is 31.7 Å². The average Bonchev–Trinajstić information content (AvgIpc) is 3.23. The van der Waals surface area contributed by atoms with Crippen LogP contribution in [-0.4, -0.2) is 35.4 Å². The molecule has 1 aliphatic rings. The molecule has 1 aliphatic carbocycles. The highest BCUT2D eigenvalue weighted by Gasteiger charge is 2.26. The van der Waals surface area contributed by atoms with Crippen molar-refractivity contribution in [3.8, 4) is 10.6 Å². The number of rotatable bonds is 7. The molecule has 3 rings (SSSR count). The second-order valence-corrected chi connectivity index (χ2v) is 7.12. The van der Waals surface area contributed by atoms with Crippen LogP contribution in [0.2, 0.25) is 0 Å². The zero-order chi connectivity index (χ0) is 16.2. The van der Waals surface area contributed by atoms with Crippen molar-refractivity contribution in [1.82, 2.24) is 9.88 Å². The second-order valence-electron chi connectivity index (χ2n) is 6.26. The molecular weight excluding hydrogens is 306 g/mol. The number of amides is 1. The van der Waals surface area contributed by atoms with Gasteiger partial charge in [-0.1, -0.05) is 23.8 Å². The molecule has 0 atom stereocenters. The highest BCUT2D eigenvalue weighted by Crippen LogP contribution is 2.30. The molecule has 1 aromatic heterocycles. The van der Waals surface area contributed by atoms with E-state index in [2.05, 4.69) is 30.1 Å². The van der Waals surface area contributed by atoms with Crippen molar-refractivity contribution in [1.29, 1.82) is 0 Å². The number of hydrogen-bond acceptors (Lipinski definition) is 4. The molecule has 0 radical (unpaired) electrons. The fourth-order valence-corrected chi connectivity index (χ4v) is 3.47. The molecule has 23 heavy (non-hydrogen) atoms. The van der Waals surface area contributed by atoms with Crippen molar-refractivity contribution < 1.29 is 4.79 Å². The summed E-state index contributed by atoms with van der Waals surface area (Å²) in [6.07, 6.45) is 2.85. The van der Waals surface area contributed by atoms with Gasteiger partial charge in [0, 0.05) is 30.6 Å². The van der Waals surface area contributed by atoms with E-state index in [-0.39, 0.29) is 5.91 Å². The number of benzene rings is 1. The Kier molecular flexibility index (Phi) is 5.08. The summed E-state index contributed by atoms with van der Waals surface area (Å²) >= 11 is 1.60. The number of carbonyl (C=O) groups is 1. The first-order chi connectivity index (χ1) is 11.2. The van der Waals surface area contributed by atoms with E-state index in [1.165, 1.54) is 18.4 Å². The van der Waals surface area contributed by atoms with Crippen LogP contribution in [0.4, 0.5) is 0 Å². The van der Waals surface area contributed by atoms with Gasteiger partial charge in [0.25, 0.3) is 0 Å². The van der Waals surface area contributed by atoms with Crippen LogP contribution in [-0.2, 0) is 11.2 Å². The highest BCUT2D eigenvalue weighted by atomic mass is 32.1. The summed E-state index contributed by atoms with van der Waals surface area (Å²) in [4.78, 5) is 19.0. The second kappa shape index (κ2) is 7.23. The first-order valence-electron chi connectivity index (χ1n) is 8.15. The van der Waals surface area contributed by atoms with Gasteiger partial charge in [0.2, 0.25) is 5.91 Å². The van der Waals surface area contributed by atoms with E-state index >= 15 is 0 Å². The van der Waals surface area contributed by atoms with Gasteiger partial charge in [-0.15, -0.1) is 11.3 Å². The van der Waals surface area contributed by atoms with Gasteiger partial charge in [-0.2, -0.15) is 0 Å². The summed E-state index contributed by atoms with van der Waals surface area (Å²) in [5, 5.41) is 2.97. The molecule has 1 heterocycles. The molecule has 4 nitrogen and oxygen atoms in total. The number of nitrogens with zero attached hydrogens (tertiary/aromatic N) is 2. The molecule has 2 aromatic rings. The molecule has 2 N–H and O–H groups in total. The third kappa shape index (κ3) is 4.39. The van der Waals surface area contributed by atoms with E-state index in [1.54, 1.807) is 11.3 Å². The number of aryl methyl sites for hydroxylation is 1. The van der Waals surface area contributed by atoms with Crippen molar-refractivity contribution in [3.05, 3.63) is 40.9 Å². The van der Waals surface area contributed by atoms with E-state index < -0.39 is 0 Å². The summed E-state index contributed by atoms with van der Waals surface area (Å²) in [6, 6.07) is 8.29. The van der Waals surface area contributed by atoms with Crippen molar-refractivity contribution in [2.45, 2.75) is 26.2 Å². The summed E-state index contributed by atoms with van der Waals surface area (Å²) in [5.74, 6) is 0.826. The van der Waals surface area contributed by atoms with Gasteiger partial charge in [0.15, 0.2) is 0 Å². The molecule has 5 heteroatoms. The Labute approximate surface area is 141 Å². The Morgan fingerprint density at radius 2 is 2.26 bits per heavy atom. The van der Waals surface area contributed by atoms with E-state index in [0.717, 1.165) is 22.8 Å². The average molecular weight is 329 g/mol. The number of aromatic nitrogens is 1. The quantitative estimate of drug-likeness (QED) is 0.850. The maximum absolute atomic E-state index is 12.5. The Bertz CT molecular complexity index is 678. The standard InChI is InChI=1S/C18H23N3OS/c1-13-3-2-4-15(9-13)18-20-16(12-23-18)10-17(22)21(8-7-19)11-14-5-6-14/h2-4,9,12,14H,5-8,10-11,19H2,1H3. The first-order valence-corrected chi connectivity index (χ1v) is 9.03. The van der Waals surface area contributed by atoms with Crippen LogP contribution < -0.4 is 5.73 Å². The van der Waals surface area contributed by atoms with Gasteiger partial charge in [-0.3, -0.25) is 4.79 Å². The molecule has 0 aliphatic heterocycles. The van der Waals surface area contributed by atoms with Gasteiger partial charge in [0.05, 0.1) is 12.1 Å². The zero-order valence-corrected chi connectivity index (χ0v) is 14.3. The van der Waals surface area contributed by atoms with E-state index in [1.807, 2.05) is 16.3 Å². The van der Waals surface area contributed by atoms with Gasteiger partial charge in [-0.25, -0.2) is 4.98 Å². The largest absolute Gasteiger partial charge is 0.341 e. The summed E-state index contributed by atoms with van der Waals surface area (Å²) in [5.41, 5.74) is 8.83. The van der Waals surface area contributed by atoms with E-state index in [0.29, 0.717) is 25.4 Å². The molecule has 0 bridgehead atoms. The molecule has 1 saturated carbocycles. The SMILES string of the molecule is Cc1cccc(-c2nc(CC(=O)N(CCN)CC3CC3)cs2)c1. The third-order valence-electron chi connectivity index (χ3n) is 4.08. The Balaban J connectivity index is 1.66. The molecule has 1 fully saturated rings.